The van der Waals surface area contributed by atoms with Gasteiger partial charge in [-0.2, -0.15) is 0 Å². The van der Waals surface area contributed by atoms with E-state index in [-0.39, 0.29) is 10.8 Å². The second kappa shape index (κ2) is 6.49. The van der Waals surface area contributed by atoms with Gasteiger partial charge in [0.2, 0.25) is 0 Å². The predicted molar refractivity (Wildman–Crippen MR) is 97.9 cm³/mol. The molecule has 0 aliphatic heterocycles. The summed E-state index contributed by atoms with van der Waals surface area (Å²) in [5.41, 5.74) is 0.619. The first-order chi connectivity index (χ1) is 12.2. The molecule has 0 bridgehead atoms. The fraction of sp³-hybridized carbons (Fsp3) is 0.250. The summed E-state index contributed by atoms with van der Waals surface area (Å²) in [6, 6.07) is 3.64. The molecule has 4 heterocycles. The summed E-state index contributed by atoms with van der Waals surface area (Å²) < 4.78 is 7.37. The van der Waals surface area contributed by atoms with Crippen LogP contribution in [-0.2, 0) is 6.54 Å². The standard InChI is InChI=1S/C16H15N5O2S2/c1-3-21-8-17-20-16(21)25-9(2)13-18-14(22)12-10(7-24-15(12)19-13)11-5-4-6-23-11/h4-9H,3H2,1-2H3,(H,18,19,22)/t9-/m0/s1. The van der Waals surface area contributed by atoms with E-state index in [9.17, 15) is 4.79 Å². The molecule has 0 radical (unpaired) electrons. The van der Waals surface area contributed by atoms with Gasteiger partial charge in [0.15, 0.2) is 5.16 Å². The van der Waals surface area contributed by atoms with Gasteiger partial charge >= 0.3 is 0 Å². The Bertz CT molecular complexity index is 1060. The Morgan fingerprint density at radius 1 is 1.48 bits per heavy atom. The summed E-state index contributed by atoms with van der Waals surface area (Å²) >= 11 is 2.96. The Balaban J connectivity index is 1.71. The van der Waals surface area contributed by atoms with E-state index in [4.69, 9.17) is 4.42 Å². The third-order valence-electron chi connectivity index (χ3n) is 3.84. The summed E-state index contributed by atoms with van der Waals surface area (Å²) in [7, 11) is 0. The van der Waals surface area contributed by atoms with Crippen LogP contribution in [0, 0.1) is 0 Å². The van der Waals surface area contributed by atoms with Crippen molar-refractivity contribution in [2.45, 2.75) is 30.8 Å². The highest BCUT2D eigenvalue weighted by atomic mass is 32.2. The lowest BCUT2D eigenvalue weighted by Gasteiger charge is -2.10. The van der Waals surface area contributed by atoms with Crippen LogP contribution >= 0.6 is 23.1 Å². The van der Waals surface area contributed by atoms with Crippen LogP contribution in [0.5, 0.6) is 0 Å². The van der Waals surface area contributed by atoms with Crippen LogP contribution in [0.25, 0.3) is 21.5 Å². The van der Waals surface area contributed by atoms with Crippen LogP contribution in [0.3, 0.4) is 0 Å². The third-order valence-corrected chi connectivity index (χ3v) is 5.81. The summed E-state index contributed by atoms with van der Waals surface area (Å²) in [5, 5.41) is 11.3. The Morgan fingerprint density at radius 3 is 3.12 bits per heavy atom. The molecule has 0 aromatic carbocycles. The topological polar surface area (TPSA) is 89.6 Å². The number of thioether (sulfide) groups is 1. The molecule has 4 rings (SSSR count). The molecule has 25 heavy (non-hydrogen) atoms. The fourth-order valence-corrected chi connectivity index (χ4v) is 4.42. The Morgan fingerprint density at radius 2 is 2.36 bits per heavy atom. The Kier molecular flexibility index (Phi) is 4.18. The zero-order valence-corrected chi connectivity index (χ0v) is 15.2. The van der Waals surface area contributed by atoms with Crippen LogP contribution in [0.2, 0.25) is 0 Å². The van der Waals surface area contributed by atoms with Gasteiger partial charge in [0.1, 0.15) is 22.7 Å². The van der Waals surface area contributed by atoms with E-state index >= 15 is 0 Å². The minimum Gasteiger partial charge on any atom is -0.464 e. The van der Waals surface area contributed by atoms with Crippen LogP contribution in [0.1, 0.15) is 24.9 Å². The van der Waals surface area contributed by atoms with Crippen molar-refractivity contribution >= 4 is 33.3 Å². The molecule has 4 aromatic rings. The summed E-state index contributed by atoms with van der Waals surface area (Å²) in [6.45, 7) is 4.82. The number of furan rings is 1. The average molecular weight is 373 g/mol. The number of aromatic amines is 1. The van der Waals surface area contributed by atoms with E-state index < -0.39 is 0 Å². The van der Waals surface area contributed by atoms with E-state index in [0.717, 1.165) is 17.3 Å². The second-order valence-corrected chi connectivity index (χ2v) is 7.58. The maximum atomic E-state index is 12.6. The number of aromatic nitrogens is 5. The maximum Gasteiger partial charge on any atom is 0.260 e. The smallest absolute Gasteiger partial charge is 0.260 e. The number of hydrogen-bond donors (Lipinski definition) is 1. The Hall–Kier alpha value is -2.39. The molecule has 0 aliphatic carbocycles. The number of nitrogens with one attached hydrogen (secondary N) is 1. The minimum absolute atomic E-state index is 0.0548. The van der Waals surface area contributed by atoms with Crippen molar-refractivity contribution in [3.63, 3.8) is 0 Å². The molecule has 7 nitrogen and oxygen atoms in total. The number of nitrogens with zero attached hydrogens (tertiary/aromatic N) is 4. The first-order valence-electron chi connectivity index (χ1n) is 7.77. The van der Waals surface area contributed by atoms with Gasteiger partial charge in [0.05, 0.1) is 16.9 Å². The van der Waals surface area contributed by atoms with Crippen molar-refractivity contribution in [1.82, 2.24) is 24.7 Å². The molecule has 4 aromatic heterocycles. The molecule has 128 valence electrons. The SMILES string of the molecule is CCn1cnnc1S[C@@H](C)c1nc2scc(-c3ccco3)c2c(=O)[nH]1. The van der Waals surface area contributed by atoms with Crippen LogP contribution in [0.15, 0.2) is 44.5 Å². The zero-order chi connectivity index (χ0) is 17.4. The quantitative estimate of drug-likeness (QED) is 0.536. The molecule has 0 spiro atoms. The molecule has 0 saturated heterocycles. The van der Waals surface area contributed by atoms with Gasteiger partial charge in [-0.15, -0.1) is 21.5 Å². The van der Waals surface area contributed by atoms with Crippen molar-refractivity contribution in [2.75, 3.05) is 0 Å². The van der Waals surface area contributed by atoms with Crippen molar-refractivity contribution in [3.05, 3.63) is 46.3 Å². The number of rotatable bonds is 5. The molecule has 0 unspecified atom stereocenters. The highest BCUT2D eigenvalue weighted by molar-refractivity contribution is 7.99. The molecule has 0 amide bonds. The third kappa shape index (κ3) is 2.89. The molecule has 0 fully saturated rings. The zero-order valence-electron chi connectivity index (χ0n) is 13.6. The Labute approximate surface area is 151 Å². The first kappa shape index (κ1) is 16.1. The van der Waals surface area contributed by atoms with Crippen molar-refractivity contribution < 1.29 is 4.42 Å². The molecule has 0 saturated carbocycles. The molecule has 0 aliphatic rings. The number of thiophene rings is 1. The highest BCUT2D eigenvalue weighted by Gasteiger charge is 2.19. The summed E-state index contributed by atoms with van der Waals surface area (Å²) in [4.78, 5) is 20.9. The van der Waals surface area contributed by atoms with Crippen LogP contribution in [0.4, 0.5) is 0 Å². The van der Waals surface area contributed by atoms with Gasteiger partial charge in [0, 0.05) is 17.5 Å². The van der Waals surface area contributed by atoms with Gasteiger partial charge in [-0.3, -0.25) is 4.79 Å². The second-order valence-electron chi connectivity index (χ2n) is 5.42. The first-order valence-corrected chi connectivity index (χ1v) is 9.53. The monoisotopic (exact) mass is 373 g/mol. The average Bonchev–Trinajstić information content (AvgIpc) is 3.34. The van der Waals surface area contributed by atoms with E-state index in [0.29, 0.717) is 21.8 Å². The van der Waals surface area contributed by atoms with Gasteiger partial charge in [-0.1, -0.05) is 11.8 Å². The molecule has 1 atom stereocenters. The number of H-pyrrole nitrogens is 1. The summed E-state index contributed by atoms with van der Waals surface area (Å²) in [6.07, 6.45) is 3.29. The molecular weight excluding hydrogens is 358 g/mol. The fourth-order valence-electron chi connectivity index (χ4n) is 2.54. The van der Waals surface area contributed by atoms with Crippen molar-refractivity contribution in [2.24, 2.45) is 0 Å². The lowest BCUT2D eigenvalue weighted by molar-refractivity contribution is 0.583. The lowest BCUT2D eigenvalue weighted by Crippen LogP contribution is -2.12. The summed E-state index contributed by atoms with van der Waals surface area (Å²) in [5.74, 6) is 1.30. The van der Waals surface area contributed by atoms with Gasteiger partial charge in [0.25, 0.3) is 5.56 Å². The number of hydrogen-bond acceptors (Lipinski definition) is 7. The van der Waals surface area contributed by atoms with E-state index in [1.165, 1.54) is 23.1 Å². The largest absolute Gasteiger partial charge is 0.464 e. The van der Waals surface area contributed by atoms with Gasteiger partial charge in [-0.25, -0.2) is 4.98 Å². The predicted octanol–water partition coefficient (Wildman–Crippen LogP) is 3.71. The van der Waals surface area contributed by atoms with E-state index in [1.807, 2.05) is 29.9 Å². The van der Waals surface area contributed by atoms with Crippen LogP contribution < -0.4 is 5.56 Å². The maximum absolute atomic E-state index is 12.6. The molecule has 9 heteroatoms. The number of fused-ring (bicyclic) bond motifs is 1. The van der Waals surface area contributed by atoms with Gasteiger partial charge < -0.3 is 14.0 Å². The van der Waals surface area contributed by atoms with Crippen molar-refractivity contribution in [1.29, 1.82) is 0 Å². The van der Waals surface area contributed by atoms with Crippen LogP contribution in [-0.4, -0.2) is 24.7 Å². The highest BCUT2D eigenvalue weighted by Crippen LogP contribution is 2.34. The van der Waals surface area contributed by atoms with E-state index in [1.54, 1.807) is 18.7 Å². The number of aryl methyl sites for hydroxylation is 1. The van der Waals surface area contributed by atoms with Crippen molar-refractivity contribution in [3.8, 4) is 11.3 Å². The molecular formula is C16H15N5O2S2. The molecule has 1 N–H and O–H groups in total. The van der Waals surface area contributed by atoms with E-state index in [2.05, 4.69) is 20.2 Å². The van der Waals surface area contributed by atoms with Gasteiger partial charge in [-0.05, 0) is 26.0 Å². The lowest BCUT2D eigenvalue weighted by atomic mass is 10.2. The minimum atomic E-state index is -0.156. The normalized spacial score (nSPS) is 12.7.